The maximum absolute atomic E-state index is 13.3. The molecule has 0 atom stereocenters. The smallest absolute Gasteiger partial charge is 0.264 e. The molecule has 0 bridgehead atoms. The Bertz CT molecular complexity index is 1210. The fourth-order valence-electron chi connectivity index (χ4n) is 2.96. The number of phenols is 1. The molecule has 160 valence electrons. The fourth-order valence-corrected chi connectivity index (χ4v) is 4.75. The molecule has 0 aromatic heterocycles. The van der Waals surface area contributed by atoms with E-state index in [1.54, 1.807) is 42.5 Å². The second-order valence-corrected chi connectivity index (χ2v) is 8.88. The van der Waals surface area contributed by atoms with Crippen LogP contribution >= 0.6 is 11.6 Å². The highest BCUT2D eigenvalue weighted by Crippen LogP contribution is 2.30. The van der Waals surface area contributed by atoms with Gasteiger partial charge in [0.2, 0.25) is 0 Å². The Hall–Kier alpha value is -3.29. The number of hydrogen-bond acceptors (Lipinski definition) is 4. The van der Waals surface area contributed by atoms with Crippen LogP contribution in [-0.4, -0.2) is 26.0 Å². The predicted molar refractivity (Wildman–Crippen MR) is 122 cm³/mol. The lowest BCUT2D eigenvalue weighted by molar-refractivity contribution is 0.0950. The number of nitrogens with one attached hydrogen (secondary N) is 1. The molecule has 2 N–H and O–H groups in total. The molecule has 6 nitrogen and oxygen atoms in total. The van der Waals surface area contributed by atoms with Crippen molar-refractivity contribution in [3.63, 3.8) is 0 Å². The maximum atomic E-state index is 13.3. The van der Waals surface area contributed by atoms with Crippen molar-refractivity contribution in [2.24, 2.45) is 0 Å². The largest absolute Gasteiger partial charge is 0.508 e. The number of sulfonamides is 1. The standard InChI is InChI=1S/C23H21ClN2O4S/c1-2-14-26(21-12-5-4-11-20(21)24)31(29,30)19-10-7-9-17(15-19)23(28)25-16-18-8-3-6-13-22(18)27/h2-13,15,27H,1,14,16H2,(H,25,28). The molecule has 3 aromatic rings. The van der Waals surface area contributed by atoms with Gasteiger partial charge in [-0.05, 0) is 36.4 Å². The average Bonchev–Trinajstić information content (AvgIpc) is 2.77. The van der Waals surface area contributed by atoms with Gasteiger partial charge >= 0.3 is 0 Å². The Labute approximate surface area is 186 Å². The molecule has 0 radical (unpaired) electrons. The molecule has 8 heteroatoms. The number of amides is 1. The second-order valence-electron chi connectivity index (χ2n) is 6.62. The number of carbonyl (C=O) groups is 1. The average molecular weight is 457 g/mol. The van der Waals surface area contributed by atoms with E-state index in [4.69, 9.17) is 11.6 Å². The fraction of sp³-hybridized carbons (Fsp3) is 0.0870. The van der Waals surface area contributed by atoms with Crippen molar-refractivity contribution in [1.82, 2.24) is 5.32 Å². The zero-order valence-electron chi connectivity index (χ0n) is 16.5. The van der Waals surface area contributed by atoms with E-state index < -0.39 is 15.9 Å². The van der Waals surface area contributed by atoms with E-state index in [1.165, 1.54) is 36.4 Å². The summed E-state index contributed by atoms with van der Waals surface area (Å²) in [7, 11) is -4.01. The number of hydrogen-bond donors (Lipinski definition) is 2. The van der Waals surface area contributed by atoms with Crippen LogP contribution in [0.3, 0.4) is 0 Å². The first-order chi connectivity index (χ1) is 14.8. The molecule has 0 aliphatic heterocycles. The highest BCUT2D eigenvalue weighted by molar-refractivity contribution is 7.92. The molecule has 0 spiro atoms. The van der Waals surface area contributed by atoms with Gasteiger partial charge in [-0.3, -0.25) is 9.10 Å². The second kappa shape index (κ2) is 9.68. The third-order valence-electron chi connectivity index (χ3n) is 4.53. The zero-order chi connectivity index (χ0) is 22.4. The van der Waals surface area contributed by atoms with E-state index in [-0.39, 0.29) is 34.3 Å². The molecule has 3 aromatic carbocycles. The van der Waals surface area contributed by atoms with Crippen LogP contribution in [0.4, 0.5) is 5.69 Å². The molecule has 1 amide bonds. The van der Waals surface area contributed by atoms with Crippen molar-refractivity contribution >= 4 is 33.2 Å². The maximum Gasteiger partial charge on any atom is 0.264 e. The summed E-state index contributed by atoms with van der Waals surface area (Å²) in [6, 6.07) is 19.0. The van der Waals surface area contributed by atoms with Gasteiger partial charge in [-0.25, -0.2) is 8.42 Å². The summed E-state index contributed by atoms with van der Waals surface area (Å²) in [5, 5.41) is 12.8. The van der Waals surface area contributed by atoms with E-state index in [0.29, 0.717) is 11.3 Å². The van der Waals surface area contributed by atoms with Crippen LogP contribution in [-0.2, 0) is 16.6 Å². The molecule has 0 aliphatic carbocycles. The number of anilines is 1. The molecule has 0 heterocycles. The van der Waals surface area contributed by atoms with Crippen molar-refractivity contribution in [2.45, 2.75) is 11.4 Å². The van der Waals surface area contributed by atoms with Crippen LogP contribution in [0.15, 0.2) is 90.3 Å². The van der Waals surface area contributed by atoms with Gasteiger partial charge in [-0.2, -0.15) is 0 Å². The first kappa shape index (κ1) is 22.4. The summed E-state index contributed by atoms with van der Waals surface area (Å²) in [5.74, 6) is -0.396. The Kier molecular flexibility index (Phi) is 6.99. The number of rotatable bonds is 8. The Morgan fingerprint density at radius 3 is 2.48 bits per heavy atom. The van der Waals surface area contributed by atoms with Crippen molar-refractivity contribution in [3.05, 3.63) is 102 Å². The lowest BCUT2D eigenvalue weighted by atomic mass is 10.2. The Balaban J connectivity index is 1.88. The van der Waals surface area contributed by atoms with E-state index in [9.17, 15) is 18.3 Å². The molecule has 31 heavy (non-hydrogen) atoms. The van der Waals surface area contributed by atoms with Gasteiger partial charge in [0.05, 0.1) is 22.2 Å². The summed E-state index contributed by atoms with van der Waals surface area (Å²) in [4.78, 5) is 12.5. The first-order valence-corrected chi connectivity index (χ1v) is 11.2. The lowest BCUT2D eigenvalue weighted by Crippen LogP contribution is -2.31. The molecule has 0 saturated heterocycles. The zero-order valence-corrected chi connectivity index (χ0v) is 18.1. The third kappa shape index (κ3) is 5.07. The number of carbonyl (C=O) groups excluding carboxylic acids is 1. The molecule has 3 rings (SSSR count). The van der Waals surface area contributed by atoms with Gasteiger partial charge in [-0.15, -0.1) is 6.58 Å². The molecular formula is C23H21ClN2O4S. The minimum Gasteiger partial charge on any atom is -0.508 e. The number of benzene rings is 3. The normalized spacial score (nSPS) is 11.0. The van der Waals surface area contributed by atoms with Gasteiger partial charge < -0.3 is 10.4 Å². The topological polar surface area (TPSA) is 86.7 Å². The molecular weight excluding hydrogens is 436 g/mol. The number of aromatic hydroxyl groups is 1. The molecule has 0 fully saturated rings. The van der Waals surface area contributed by atoms with Crippen LogP contribution in [0.1, 0.15) is 15.9 Å². The quantitative estimate of drug-likeness (QED) is 0.493. The van der Waals surface area contributed by atoms with Crippen molar-refractivity contribution < 1.29 is 18.3 Å². The number of phenolic OH excluding ortho intramolecular Hbond substituents is 1. The number of para-hydroxylation sites is 2. The van der Waals surface area contributed by atoms with E-state index in [0.717, 1.165) is 4.31 Å². The van der Waals surface area contributed by atoms with E-state index >= 15 is 0 Å². The van der Waals surface area contributed by atoms with Gasteiger partial charge in [0.25, 0.3) is 15.9 Å². The molecule has 0 unspecified atom stereocenters. The van der Waals surface area contributed by atoms with E-state index in [1.807, 2.05) is 0 Å². The highest BCUT2D eigenvalue weighted by atomic mass is 35.5. The predicted octanol–water partition coefficient (Wildman–Crippen LogP) is 4.36. The van der Waals surface area contributed by atoms with E-state index in [2.05, 4.69) is 11.9 Å². The lowest BCUT2D eigenvalue weighted by Gasteiger charge is -2.24. The van der Waals surface area contributed by atoms with Gasteiger partial charge in [0, 0.05) is 17.7 Å². The Morgan fingerprint density at radius 2 is 1.77 bits per heavy atom. The SMILES string of the molecule is C=CCN(c1ccccc1Cl)S(=O)(=O)c1cccc(C(=O)NCc2ccccc2O)c1. The van der Waals surface area contributed by atoms with Gasteiger partial charge in [0.1, 0.15) is 5.75 Å². The van der Waals surface area contributed by atoms with Crippen molar-refractivity contribution in [1.29, 1.82) is 0 Å². The minimum absolute atomic E-state index is 0.00970. The summed E-state index contributed by atoms with van der Waals surface area (Å²) in [6.07, 6.45) is 1.46. The highest BCUT2D eigenvalue weighted by Gasteiger charge is 2.26. The first-order valence-electron chi connectivity index (χ1n) is 9.38. The molecule has 0 saturated carbocycles. The summed E-state index contributed by atoms with van der Waals surface area (Å²) in [5.41, 5.74) is 1.04. The van der Waals surface area contributed by atoms with Crippen LogP contribution in [0.5, 0.6) is 5.75 Å². The van der Waals surface area contributed by atoms with Crippen molar-refractivity contribution in [3.8, 4) is 5.75 Å². The monoisotopic (exact) mass is 456 g/mol. The third-order valence-corrected chi connectivity index (χ3v) is 6.63. The van der Waals surface area contributed by atoms with Crippen molar-refractivity contribution in [2.75, 3.05) is 10.8 Å². The number of nitrogens with zero attached hydrogens (tertiary/aromatic N) is 1. The van der Waals surface area contributed by atoms with Crippen LogP contribution in [0.25, 0.3) is 0 Å². The summed E-state index contributed by atoms with van der Waals surface area (Å²) < 4.78 is 27.8. The number of halogens is 1. The summed E-state index contributed by atoms with van der Waals surface area (Å²) in [6.45, 7) is 3.75. The van der Waals surface area contributed by atoms with Crippen LogP contribution in [0.2, 0.25) is 5.02 Å². The van der Waals surface area contributed by atoms with Crippen LogP contribution < -0.4 is 9.62 Å². The van der Waals surface area contributed by atoms with Crippen LogP contribution in [0, 0.1) is 0 Å². The van der Waals surface area contributed by atoms with Gasteiger partial charge in [0.15, 0.2) is 0 Å². The minimum atomic E-state index is -4.01. The molecule has 0 aliphatic rings. The summed E-state index contributed by atoms with van der Waals surface area (Å²) >= 11 is 6.22. The van der Waals surface area contributed by atoms with Gasteiger partial charge in [-0.1, -0.05) is 54.1 Å². The Morgan fingerprint density at radius 1 is 1.06 bits per heavy atom.